The number of nitrogens with zero attached hydrogens (tertiary/aromatic N) is 1. The lowest BCUT2D eigenvalue weighted by Crippen LogP contribution is -2.11. The number of ether oxygens (including phenoxy) is 2. The molecular formula is C14H17NO3. The molecule has 0 saturated heterocycles. The van der Waals surface area contributed by atoms with Gasteiger partial charge < -0.3 is 9.47 Å². The van der Waals surface area contributed by atoms with Crippen LogP contribution in [0.1, 0.15) is 36.2 Å². The van der Waals surface area contributed by atoms with E-state index in [1.807, 2.05) is 19.1 Å². The summed E-state index contributed by atoms with van der Waals surface area (Å²) in [6.07, 6.45) is 0.882. The molecule has 4 nitrogen and oxygen atoms in total. The predicted molar refractivity (Wildman–Crippen MR) is 67.5 cm³/mol. The van der Waals surface area contributed by atoms with Gasteiger partial charge in [0.2, 0.25) is 0 Å². The monoisotopic (exact) mass is 247 g/mol. The second-order valence-corrected chi connectivity index (χ2v) is 3.60. The van der Waals surface area contributed by atoms with Crippen molar-refractivity contribution in [2.45, 2.75) is 26.7 Å². The molecule has 4 heteroatoms. The van der Waals surface area contributed by atoms with Gasteiger partial charge in [-0.05, 0) is 31.9 Å². The van der Waals surface area contributed by atoms with Gasteiger partial charge >= 0.3 is 5.97 Å². The number of hydrogen-bond acceptors (Lipinski definition) is 4. The van der Waals surface area contributed by atoms with Crippen LogP contribution in [-0.4, -0.2) is 19.2 Å². The minimum absolute atomic E-state index is 0.316. The van der Waals surface area contributed by atoms with Gasteiger partial charge in [0.25, 0.3) is 0 Å². The maximum atomic E-state index is 11.9. The first-order valence-corrected chi connectivity index (χ1v) is 6.03. The Morgan fingerprint density at radius 2 is 2.11 bits per heavy atom. The summed E-state index contributed by atoms with van der Waals surface area (Å²) >= 11 is 0. The lowest BCUT2D eigenvalue weighted by Gasteiger charge is -2.13. The van der Waals surface area contributed by atoms with Gasteiger partial charge in [0, 0.05) is 6.42 Å². The third-order valence-electron chi connectivity index (χ3n) is 2.40. The summed E-state index contributed by atoms with van der Waals surface area (Å²) in [7, 11) is 0. The Morgan fingerprint density at radius 1 is 1.33 bits per heavy atom. The smallest absolute Gasteiger partial charge is 0.342 e. The third-order valence-corrected chi connectivity index (χ3v) is 2.40. The van der Waals surface area contributed by atoms with Crippen LogP contribution in [0.25, 0.3) is 0 Å². The molecule has 1 rings (SSSR count). The van der Waals surface area contributed by atoms with E-state index in [1.165, 1.54) is 0 Å². The predicted octanol–water partition coefficient (Wildman–Crippen LogP) is 2.72. The first kappa shape index (κ1) is 14.0. The van der Waals surface area contributed by atoms with Gasteiger partial charge in [0.15, 0.2) is 0 Å². The van der Waals surface area contributed by atoms with Crippen LogP contribution in [0.3, 0.4) is 0 Å². The Morgan fingerprint density at radius 3 is 2.72 bits per heavy atom. The number of carbonyl (C=O) groups is 1. The Hall–Kier alpha value is -2.02. The zero-order valence-corrected chi connectivity index (χ0v) is 10.7. The zero-order chi connectivity index (χ0) is 13.4. The Kier molecular flexibility index (Phi) is 5.72. The maximum absolute atomic E-state index is 11.9. The van der Waals surface area contributed by atoms with Crippen molar-refractivity contribution in [1.82, 2.24) is 0 Å². The fraction of sp³-hybridized carbons (Fsp3) is 0.429. The molecule has 0 aliphatic heterocycles. The van der Waals surface area contributed by atoms with Crippen molar-refractivity contribution in [3.8, 4) is 11.8 Å². The van der Waals surface area contributed by atoms with E-state index in [1.54, 1.807) is 13.0 Å². The van der Waals surface area contributed by atoms with E-state index in [0.717, 1.165) is 5.56 Å². The lowest BCUT2D eigenvalue weighted by molar-refractivity contribution is 0.0520. The molecule has 18 heavy (non-hydrogen) atoms. The van der Waals surface area contributed by atoms with Crippen LogP contribution in [-0.2, 0) is 11.2 Å². The van der Waals surface area contributed by atoms with E-state index >= 15 is 0 Å². The van der Waals surface area contributed by atoms with Crippen molar-refractivity contribution >= 4 is 5.97 Å². The topological polar surface area (TPSA) is 59.3 Å². The number of aryl methyl sites for hydroxylation is 1. The molecule has 0 N–H and O–H groups in total. The minimum atomic E-state index is -0.394. The number of carbonyl (C=O) groups excluding carboxylic acids is 1. The van der Waals surface area contributed by atoms with Crippen LogP contribution in [0, 0.1) is 11.3 Å². The molecule has 0 aliphatic carbocycles. The molecule has 0 aromatic heterocycles. The van der Waals surface area contributed by atoms with Gasteiger partial charge in [-0.15, -0.1) is 0 Å². The second kappa shape index (κ2) is 7.33. The Bertz CT molecular complexity index is 449. The third kappa shape index (κ3) is 3.49. The maximum Gasteiger partial charge on any atom is 0.342 e. The van der Waals surface area contributed by atoms with Gasteiger partial charge in [0.1, 0.15) is 11.3 Å². The van der Waals surface area contributed by atoms with Crippen LogP contribution < -0.4 is 4.74 Å². The number of nitriles is 1. The van der Waals surface area contributed by atoms with Crippen LogP contribution in [0.2, 0.25) is 0 Å². The van der Waals surface area contributed by atoms with Crippen LogP contribution in [0.15, 0.2) is 18.2 Å². The quantitative estimate of drug-likeness (QED) is 0.725. The Balaban J connectivity index is 3.12. The fourth-order valence-electron chi connectivity index (χ4n) is 1.69. The van der Waals surface area contributed by atoms with Crippen molar-refractivity contribution in [1.29, 1.82) is 5.26 Å². The average Bonchev–Trinajstić information content (AvgIpc) is 2.37. The van der Waals surface area contributed by atoms with E-state index in [4.69, 9.17) is 14.7 Å². The van der Waals surface area contributed by atoms with Crippen molar-refractivity contribution in [3.05, 3.63) is 29.3 Å². The van der Waals surface area contributed by atoms with E-state index in [0.29, 0.717) is 37.4 Å². The van der Waals surface area contributed by atoms with Crippen LogP contribution >= 0.6 is 0 Å². The summed E-state index contributed by atoms with van der Waals surface area (Å²) in [5.74, 6) is 0.126. The molecule has 0 bridgehead atoms. The van der Waals surface area contributed by atoms with E-state index in [2.05, 4.69) is 6.07 Å². The molecule has 0 fully saturated rings. The summed E-state index contributed by atoms with van der Waals surface area (Å²) in [6.45, 7) is 4.41. The van der Waals surface area contributed by atoms with Crippen molar-refractivity contribution < 1.29 is 14.3 Å². The summed E-state index contributed by atoms with van der Waals surface area (Å²) in [5.41, 5.74) is 1.23. The van der Waals surface area contributed by atoms with Crippen molar-refractivity contribution in [2.75, 3.05) is 13.2 Å². The van der Waals surface area contributed by atoms with E-state index in [9.17, 15) is 4.79 Å². The first-order valence-electron chi connectivity index (χ1n) is 6.03. The number of esters is 1. The highest BCUT2D eigenvalue weighted by Crippen LogP contribution is 2.24. The van der Waals surface area contributed by atoms with E-state index in [-0.39, 0.29) is 0 Å². The van der Waals surface area contributed by atoms with Crippen LogP contribution in [0.4, 0.5) is 0 Å². The van der Waals surface area contributed by atoms with E-state index < -0.39 is 5.97 Å². The van der Waals surface area contributed by atoms with Crippen LogP contribution in [0.5, 0.6) is 5.75 Å². The van der Waals surface area contributed by atoms with Gasteiger partial charge in [-0.2, -0.15) is 5.26 Å². The second-order valence-electron chi connectivity index (χ2n) is 3.60. The molecule has 0 spiro atoms. The number of hydrogen-bond donors (Lipinski definition) is 0. The largest absolute Gasteiger partial charge is 0.493 e. The molecule has 0 saturated carbocycles. The standard InChI is InChI=1S/C14H17NO3/c1-3-17-12-9-5-7-11(8-6-10-15)13(12)14(16)18-4-2/h5,7,9H,3-4,6,8H2,1-2H3. The van der Waals surface area contributed by atoms with Crippen molar-refractivity contribution in [2.24, 2.45) is 0 Å². The first-order chi connectivity index (χ1) is 8.74. The molecule has 1 aromatic carbocycles. The molecule has 0 aliphatic rings. The molecule has 0 amide bonds. The zero-order valence-electron chi connectivity index (χ0n) is 10.7. The molecule has 1 aromatic rings. The van der Waals surface area contributed by atoms with Gasteiger partial charge in [-0.3, -0.25) is 0 Å². The molecular weight excluding hydrogens is 230 g/mol. The fourth-order valence-corrected chi connectivity index (χ4v) is 1.69. The highest BCUT2D eigenvalue weighted by molar-refractivity contribution is 5.94. The van der Waals surface area contributed by atoms with Gasteiger partial charge in [-0.1, -0.05) is 12.1 Å². The summed E-state index contributed by atoms with van der Waals surface area (Å²) < 4.78 is 10.5. The Labute approximate surface area is 107 Å². The molecule has 0 atom stereocenters. The minimum Gasteiger partial charge on any atom is -0.493 e. The normalized spacial score (nSPS) is 9.61. The SMILES string of the molecule is CCOC(=O)c1c(CCC#N)cccc1OCC. The number of benzene rings is 1. The number of rotatable bonds is 6. The summed E-state index contributed by atoms with van der Waals surface area (Å²) in [6, 6.07) is 7.46. The lowest BCUT2D eigenvalue weighted by atomic mass is 10.0. The molecule has 0 radical (unpaired) electrons. The van der Waals surface area contributed by atoms with Gasteiger partial charge in [-0.25, -0.2) is 4.79 Å². The summed E-state index contributed by atoms with van der Waals surface area (Å²) in [4.78, 5) is 11.9. The molecule has 96 valence electrons. The van der Waals surface area contributed by atoms with Gasteiger partial charge in [0.05, 0.1) is 19.3 Å². The summed E-state index contributed by atoms with van der Waals surface area (Å²) in [5, 5.41) is 8.64. The molecule has 0 heterocycles. The molecule has 0 unspecified atom stereocenters. The highest BCUT2D eigenvalue weighted by atomic mass is 16.5. The average molecular weight is 247 g/mol. The highest BCUT2D eigenvalue weighted by Gasteiger charge is 2.18. The van der Waals surface area contributed by atoms with Crippen molar-refractivity contribution in [3.63, 3.8) is 0 Å².